The molecule has 0 saturated heterocycles. The van der Waals surface area contributed by atoms with Crippen molar-refractivity contribution in [1.29, 1.82) is 0 Å². The van der Waals surface area contributed by atoms with Gasteiger partial charge in [-0.15, -0.1) is 0 Å². The summed E-state index contributed by atoms with van der Waals surface area (Å²) in [5.41, 5.74) is 4.33. The number of hydrogen-bond acceptors (Lipinski definition) is 4. The van der Waals surface area contributed by atoms with E-state index >= 15 is 0 Å². The van der Waals surface area contributed by atoms with E-state index in [4.69, 9.17) is 0 Å². The predicted molar refractivity (Wildman–Crippen MR) is 90.5 cm³/mol. The second-order valence-corrected chi connectivity index (χ2v) is 5.32. The zero-order valence-electron chi connectivity index (χ0n) is 12.5. The Kier molecular flexibility index (Phi) is 3.28. The molecule has 0 unspecified atom stereocenters. The molecule has 0 radical (unpaired) electrons. The Hall–Kier alpha value is -3.54. The third kappa shape index (κ3) is 2.40. The SMILES string of the molecule is O=[N+]([O-])c1cccc(-c2cccc3cc(-c4ccncc4)nn23)c1. The molecule has 116 valence electrons. The van der Waals surface area contributed by atoms with E-state index in [1.807, 2.05) is 42.5 Å². The lowest BCUT2D eigenvalue weighted by Crippen LogP contribution is -1.95. The molecule has 4 aromatic rings. The summed E-state index contributed by atoms with van der Waals surface area (Å²) in [6.45, 7) is 0. The molecule has 0 atom stereocenters. The highest BCUT2D eigenvalue weighted by Crippen LogP contribution is 2.27. The van der Waals surface area contributed by atoms with Crippen molar-refractivity contribution in [3.8, 4) is 22.5 Å². The second kappa shape index (κ2) is 5.58. The van der Waals surface area contributed by atoms with Gasteiger partial charge in [-0.05, 0) is 30.3 Å². The van der Waals surface area contributed by atoms with Crippen molar-refractivity contribution in [3.05, 3.63) is 83.2 Å². The van der Waals surface area contributed by atoms with Crippen LogP contribution in [0.1, 0.15) is 0 Å². The van der Waals surface area contributed by atoms with Crippen LogP contribution in [0.25, 0.3) is 28.0 Å². The minimum Gasteiger partial charge on any atom is -0.265 e. The van der Waals surface area contributed by atoms with Crippen LogP contribution in [0.4, 0.5) is 5.69 Å². The van der Waals surface area contributed by atoms with Gasteiger partial charge in [-0.2, -0.15) is 5.10 Å². The van der Waals surface area contributed by atoms with Gasteiger partial charge in [-0.1, -0.05) is 18.2 Å². The zero-order chi connectivity index (χ0) is 16.5. The van der Waals surface area contributed by atoms with Gasteiger partial charge in [0.15, 0.2) is 0 Å². The second-order valence-electron chi connectivity index (χ2n) is 5.32. The summed E-state index contributed by atoms with van der Waals surface area (Å²) in [6, 6.07) is 18.1. The summed E-state index contributed by atoms with van der Waals surface area (Å²) in [7, 11) is 0. The highest BCUT2D eigenvalue weighted by atomic mass is 16.6. The van der Waals surface area contributed by atoms with Crippen LogP contribution in [0.15, 0.2) is 73.1 Å². The summed E-state index contributed by atoms with van der Waals surface area (Å²) < 4.78 is 1.80. The van der Waals surface area contributed by atoms with Crippen molar-refractivity contribution in [2.75, 3.05) is 0 Å². The normalized spacial score (nSPS) is 10.8. The largest absolute Gasteiger partial charge is 0.270 e. The Bertz CT molecular complexity index is 1040. The average molecular weight is 316 g/mol. The van der Waals surface area contributed by atoms with Crippen LogP contribution >= 0.6 is 0 Å². The van der Waals surface area contributed by atoms with E-state index in [1.165, 1.54) is 6.07 Å². The maximum Gasteiger partial charge on any atom is 0.270 e. The minimum atomic E-state index is -0.394. The van der Waals surface area contributed by atoms with Crippen LogP contribution in [0.2, 0.25) is 0 Å². The molecule has 0 bridgehead atoms. The van der Waals surface area contributed by atoms with E-state index in [0.29, 0.717) is 0 Å². The first kappa shape index (κ1) is 14.1. The first-order valence-corrected chi connectivity index (χ1v) is 7.36. The third-order valence-electron chi connectivity index (χ3n) is 3.81. The smallest absolute Gasteiger partial charge is 0.265 e. The van der Waals surface area contributed by atoms with Crippen LogP contribution in [0.5, 0.6) is 0 Å². The molecule has 0 amide bonds. The van der Waals surface area contributed by atoms with Gasteiger partial charge >= 0.3 is 0 Å². The maximum atomic E-state index is 11.0. The molecular weight excluding hydrogens is 304 g/mol. The number of aromatic nitrogens is 3. The molecule has 6 nitrogen and oxygen atoms in total. The van der Waals surface area contributed by atoms with Crippen molar-refractivity contribution in [2.45, 2.75) is 0 Å². The van der Waals surface area contributed by atoms with Crippen molar-refractivity contribution in [1.82, 2.24) is 14.6 Å². The molecule has 3 heterocycles. The summed E-state index contributed by atoms with van der Waals surface area (Å²) in [4.78, 5) is 14.6. The van der Waals surface area contributed by atoms with Crippen LogP contribution in [0.3, 0.4) is 0 Å². The summed E-state index contributed by atoms with van der Waals surface area (Å²) in [6.07, 6.45) is 3.45. The van der Waals surface area contributed by atoms with Gasteiger partial charge in [-0.3, -0.25) is 15.1 Å². The first-order chi connectivity index (χ1) is 11.7. The molecule has 0 aliphatic heterocycles. The van der Waals surface area contributed by atoms with Gasteiger partial charge in [0.1, 0.15) is 0 Å². The van der Waals surface area contributed by atoms with E-state index < -0.39 is 4.92 Å². The number of hydrogen-bond donors (Lipinski definition) is 0. The molecule has 0 fully saturated rings. The maximum absolute atomic E-state index is 11.0. The summed E-state index contributed by atoms with van der Waals surface area (Å²) in [5.74, 6) is 0. The van der Waals surface area contributed by atoms with Gasteiger partial charge in [0.05, 0.1) is 21.8 Å². The van der Waals surface area contributed by atoms with Gasteiger partial charge in [0.25, 0.3) is 5.69 Å². The van der Waals surface area contributed by atoms with E-state index in [-0.39, 0.29) is 5.69 Å². The number of pyridine rings is 2. The zero-order valence-corrected chi connectivity index (χ0v) is 12.5. The molecule has 6 heteroatoms. The van der Waals surface area contributed by atoms with E-state index in [1.54, 1.807) is 29.0 Å². The van der Waals surface area contributed by atoms with Gasteiger partial charge < -0.3 is 0 Å². The molecule has 3 aromatic heterocycles. The quantitative estimate of drug-likeness (QED) is 0.423. The third-order valence-corrected chi connectivity index (χ3v) is 3.81. The fourth-order valence-electron chi connectivity index (χ4n) is 2.68. The summed E-state index contributed by atoms with van der Waals surface area (Å²) >= 11 is 0. The van der Waals surface area contributed by atoms with E-state index in [9.17, 15) is 10.1 Å². The number of non-ortho nitro benzene ring substituents is 1. The Morgan fingerprint density at radius 2 is 1.71 bits per heavy atom. The Balaban J connectivity index is 1.89. The molecule has 4 rings (SSSR count). The molecule has 1 aromatic carbocycles. The number of benzene rings is 1. The molecule has 0 saturated carbocycles. The lowest BCUT2D eigenvalue weighted by atomic mass is 10.1. The highest BCUT2D eigenvalue weighted by molar-refractivity contribution is 5.71. The number of nitrogens with zero attached hydrogens (tertiary/aromatic N) is 4. The van der Waals surface area contributed by atoms with Crippen molar-refractivity contribution in [3.63, 3.8) is 0 Å². The number of nitro groups is 1. The highest BCUT2D eigenvalue weighted by Gasteiger charge is 2.12. The van der Waals surface area contributed by atoms with E-state index in [0.717, 1.165) is 28.0 Å². The number of nitro benzene ring substituents is 1. The van der Waals surface area contributed by atoms with Crippen LogP contribution < -0.4 is 0 Å². The topological polar surface area (TPSA) is 73.3 Å². The minimum absolute atomic E-state index is 0.0611. The number of fused-ring (bicyclic) bond motifs is 1. The van der Waals surface area contributed by atoms with Crippen molar-refractivity contribution < 1.29 is 4.92 Å². The fourth-order valence-corrected chi connectivity index (χ4v) is 2.68. The predicted octanol–water partition coefficient (Wildman–Crippen LogP) is 3.97. The van der Waals surface area contributed by atoms with Crippen LogP contribution in [-0.4, -0.2) is 19.5 Å². The molecular formula is C18H12N4O2. The monoisotopic (exact) mass is 316 g/mol. The molecule has 0 N–H and O–H groups in total. The summed E-state index contributed by atoms with van der Waals surface area (Å²) in [5, 5.41) is 15.7. The van der Waals surface area contributed by atoms with Gasteiger partial charge in [-0.25, -0.2) is 4.52 Å². The van der Waals surface area contributed by atoms with E-state index in [2.05, 4.69) is 10.1 Å². The molecule has 0 aliphatic rings. The Morgan fingerprint density at radius 3 is 2.50 bits per heavy atom. The lowest BCUT2D eigenvalue weighted by Gasteiger charge is -2.05. The van der Waals surface area contributed by atoms with Crippen molar-refractivity contribution in [2.24, 2.45) is 0 Å². The lowest BCUT2D eigenvalue weighted by molar-refractivity contribution is -0.384. The average Bonchev–Trinajstić information content (AvgIpc) is 3.07. The number of rotatable bonds is 3. The van der Waals surface area contributed by atoms with Crippen LogP contribution in [0, 0.1) is 10.1 Å². The molecule has 0 aliphatic carbocycles. The standard InChI is InChI=1S/C18H12N4O2/c23-22(24)16-5-1-3-14(11-16)18-6-2-4-15-12-17(20-21(15)18)13-7-9-19-10-8-13/h1-12H. The van der Waals surface area contributed by atoms with Gasteiger partial charge in [0, 0.05) is 35.7 Å². The van der Waals surface area contributed by atoms with Crippen molar-refractivity contribution >= 4 is 11.2 Å². The Labute approximate surface area is 137 Å². The fraction of sp³-hybridized carbons (Fsp3) is 0. The molecule has 0 spiro atoms. The van der Waals surface area contributed by atoms with Crippen LogP contribution in [-0.2, 0) is 0 Å². The molecule has 24 heavy (non-hydrogen) atoms. The first-order valence-electron chi connectivity index (χ1n) is 7.36. The Morgan fingerprint density at radius 1 is 0.917 bits per heavy atom. The van der Waals surface area contributed by atoms with Gasteiger partial charge in [0.2, 0.25) is 0 Å².